The lowest BCUT2D eigenvalue weighted by Gasteiger charge is -2.05. The number of aromatic nitrogens is 1. The molecule has 0 amide bonds. The molecule has 0 atom stereocenters. The van der Waals surface area contributed by atoms with Gasteiger partial charge in [0.2, 0.25) is 0 Å². The van der Waals surface area contributed by atoms with Gasteiger partial charge in [-0.15, -0.1) is 11.3 Å². The summed E-state index contributed by atoms with van der Waals surface area (Å²) >= 11 is 1.74. The summed E-state index contributed by atoms with van der Waals surface area (Å²) in [6, 6.07) is 7.47. The molecule has 0 aliphatic carbocycles. The van der Waals surface area contributed by atoms with Gasteiger partial charge in [-0.25, -0.2) is 4.98 Å². The first-order chi connectivity index (χ1) is 9.13. The Kier molecular flexibility index (Phi) is 4.80. The Balaban J connectivity index is 1.79. The first kappa shape index (κ1) is 13.9. The molecule has 0 unspecified atom stereocenters. The summed E-state index contributed by atoms with van der Waals surface area (Å²) in [6.45, 7) is 5.07. The second-order valence-corrected chi connectivity index (χ2v) is 5.94. The molecule has 0 bridgehead atoms. The predicted molar refractivity (Wildman–Crippen MR) is 80.7 cm³/mol. The van der Waals surface area contributed by atoms with Crippen LogP contribution in [0.3, 0.4) is 0 Å². The number of thiazole rings is 1. The van der Waals surface area contributed by atoms with Crippen molar-refractivity contribution in [3.63, 3.8) is 0 Å². The number of hydrogen-bond acceptors (Lipinski definition) is 4. The Bertz CT molecular complexity index is 505. The molecule has 0 fully saturated rings. The van der Waals surface area contributed by atoms with E-state index in [2.05, 4.69) is 24.2 Å². The van der Waals surface area contributed by atoms with Crippen molar-refractivity contribution in [2.75, 3.05) is 12.3 Å². The van der Waals surface area contributed by atoms with E-state index in [0.717, 1.165) is 30.0 Å². The molecule has 3 nitrogen and oxygen atoms in total. The van der Waals surface area contributed by atoms with Crippen LogP contribution in [0.15, 0.2) is 29.6 Å². The van der Waals surface area contributed by atoms with Gasteiger partial charge in [0.25, 0.3) is 0 Å². The predicted octanol–water partition coefficient (Wildman–Crippen LogP) is 3.55. The van der Waals surface area contributed by atoms with Crippen molar-refractivity contribution in [1.82, 2.24) is 4.98 Å². The zero-order chi connectivity index (χ0) is 13.7. The smallest absolute Gasteiger partial charge is 0.119 e. The highest BCUT2D eigenvalue weighted by Gasteiger charge is 2.04. The molecule has 0 saturated carbocycles. The fraction of sp³-hybridized carbons (Fsp3) is 0.400. The molecule has 102 valence electrons. The Labute approximate surface area is 118 Å². The molecular formula is C15H20N2OS. The van der Waals surface area contributed by atoms with Crippen LogP contribution in [0, 0.1) is 5.92 Å². The number of benzene rings is 1. The van der Waals surface area contributed by atoms with Crippen LogP contribution in [0.4, 0.5) is 5.69 Å². The molecule has 0 radical (unpaired) electrons. The van der Waals surface area contributed by atoms with Gasteiger partial charge in [0.1, 0.15) is 5.75 Å². The summed E-state index contributed by atoms with van der Waals surface area (Å²) in [7, 11) is 0. The first-order valence-electron chi connectivity index (χ1n) is 6.55. The van der Waals surface area contributed by atoms with Gasteiger partial charge in [0.05, 0.1) is 17.3 Å². The lowest BCUT2D eigenvalue weighted by atomic mass is 10.1. The van der Waals surface area contributed by atoms with E-state index >= 15 is 0 Å². The highest BCUT2D eigenvalue weighted by Crippen LogP contribution is 2.16. The summed E-state index contributed by atoms with van der Waals surface area (Å²) in [5.74, 6) is 1.51. The fourth-order valence-corrected chi connectivity index (χ4v) is 2.79. The van der Waals surface area contributed by atoms with Gasteiger partial charge in [0.15, 0.2) is 0 Å². The van der Waals surface area contributed by atoms with Gasteiger partial charge in [-0.05, 0) is 30.2 Å². The van der Waals surface area contributed by atoms with Crippen molar-refractivity contribution in [2.45, 2.75) is 26.7 Å². The molecule has 0 saturated heterocycles. The molecule has 0 aliphatic rings. The summed E-state index contributed by atoms with van der Waals surface area (Å²) in [5.41, 5.74) is 7.50. The normalized spacial score (nSPS) is 10.9. The van der Waals surface area contributed by atoms with Crippen LogP contribution < -0.4 is 10.5 Å². The first-order valence-corrected chi connectivity index (χ1v) is 7.43. The zero-order valence-corrected chi connectivity index (χ0v) is 12.2. The molecule has 19 heavy (non-hydrogen) atoms. The second kappa shape index (κ2) is 6.57. The van der Waals surface area contributed by atoms with Gasteiger partial charge in [-0.3, -0.25) is 0 Å². The third-order valence-electron chi connectivity index (χ3n) is 2.69. The molecule has 1 aromatic heterocycles. The molecule has 1 aromatic carbocycles. The summed E-state index contributed by atoms with van der Waals surface area (Å²) < 4.78 is 5.66. The highest BCUT2D eigenvalue weighted by molar-refractivity contribution is 7.09. The Morgan fingerprint density at radius 1 is 1.26 bits per heavy atom. The average Bonchev–Trinajstić information content (AvgIpc) is 2.78. The number of ether oxygens (including phenoxy) is 1. The lowest BCUT2D eigenvalue weighted by Crippen LogP contribution is -2.02. The highest BCUT2D eigenvalue weighted by atomic mass is 32.1. The van der Waals surface area contributed by atoms with Crippen LogP contribution in [0.2, 0.25) is 0 Å². The van der Waals surface area contributed by atoms with Crippen LogP contribution >= 0.6 is 11.3 Å². The summed E-state index contributed by atoms with van der Waals surface area (Å²) in [6.07, 6.45) is 1.91. The van der Waals surface area contributed by atoms with Crippen molar-refractivity contribution in [1.29, 1.82) is 0 Å². The van der Waals surface area contributed by atoms with E-state index in [-0.39, 0.29) is 0 Å². The molecule has 1 heterocycles. The standard InChI is InChI=1S/C15H20N2OS/c1-11(2)9-15-17-13(10-19-15)7-8-18-14-5-3-12(16)4-6-14/h3-6,10-11H,7-9,16H2,1-2H3. The maximum atomic E-state index is 5.66. The quantitative estimate of drug-likeness (QED) is 0.821. The monoisotopic (exact) mass is 276 g/mol. The molecule has 0 aliphatic heterocycles. The van der Waals surface area contributed by atoms with E-state index in [1.165, 1.54) is 5.01 Å². The van der Waals surface area contributed by atoms with Crippen LogP contribution in [-0.2, 0) is 12.8 Å². The number of nitrogens with zero attached hydrogens (tertiary/aromatic N) is 1. The van der Waals surface area contributed by atoms with Crippen molar-refractivity contribution < 1.29 is 4.74 Å². The Morgan fingerprint density at radius 2 is 2.00 bits per heavy atom. The summed E-state index contributed by atoms with van der Waals surface area (Å²) in [4.78, 5) is 4.61. The van der Waals surface area contributed by atoms with Crippen LogP contribution in [-0.4, -0.2) is 11.6 Å². The minimum Gasteiger partial charge on any atom is -0.493 e. The third kappa shape index (κ3) is 4.56. The fourth-order valence-electron chi connectivity index (χ4n) is 1.74. The van der Waals surface area contributed by atoms with Crippen LogP contribution in [0.5, 0.6) is 5.75 Å². The number of hydrogen-bond donors (Lipinski definition) is 1. The van der Waals surface area contributed by atoms with Gasteiger partial charge in [-0.1, -0.05) is 13.8 Å². The molecule has 2 aromatic rings. The zero-order valence-electron chi connectivity index (χ0n) is 11.4. The maximum absolute atomic E-state index is 5.66. The lowest BCUT2D eigenvalue weighted by molar-refractivity contribution is 0.320. The van der Waals surface area contributed by atoms with Gasteiger partial charge >= 0.3 is 0 Å². The maximum Gasteiger partial charge on any atom is 0.119 e. The van der Waals surface area contributed by atoms with E-state index in [0.29, 0.717) is 12.5 Å². The van der Waals surface area contributed by atoms with Gasteiger partial charge in [0, 0.05) is 23.9 Å². The molecular weight excluding hydrogens is 256 g/mol. The molecule has 4 heteroatoms. The summed E-state index contributed by atoms with van der Waals surface area (Å²) in [5, 5.41) is 3.35. The number of nitrogen functional groups attached to an aromatic ring is 1. The molecule has 2 rings (SSSR count). The Morgan fingerprint density at radius 3 is 2.68 bits per heavy atom. The van der Waals surface area contributed by atoms with Crippen molar-refractivity contribution >= 4 is 17.0 Å². The van der Waals surface area contributed by atoms with Gasteiger partial charge in [-0.2, -0.15) is 0 Å². The van der Waals surface area contributed by atoms with Crippen LogP contribution in [0.25, 0.3) is 0 Å². The second-order valence-electron chi connectivity index (χ2n) is 5.00. The third-order valence-corrected chi connectivity index (χ3v) is 3.61. The van der Waals surface area contributed by atoms with E-state index in [9.17, 15) is 0 Å². The minimum absolute atomic E-state index is 0.648. The van der Waals surface area contributed by atoms with Crippen molar-refractivity contribution in [3.05, 3.63) is 40.3 Å². The van der Waals surface area contributed by atoms with E-state index in [1.54, 1.807) is 11.3 Å². The van der Waals surface area contributed by atoms with Crippen molar-refractivity contribution in [3.8, 4) is 5.75 Å². The van der Waals surface area contributed by atoms with Crippen molar-refractivity contribution in [2.24, 2.45) is 5.92 Å². The van der Waals surface area contributed by atoms with E-state index < -0.39 is 0 Å². The Hall–Kier alpha value is -1.55. The van der Waals surface area contributed by atoms with Crippen LogP contribution in [0.1, 0.15) is 24.5 Å². The van der Waals surface area contributed by atoms with E-state index in [4.69, 9.17) is 10.5 Å². The minimum atomic E-state index is 0.648. The van der Waals surface area contributed by atoms with Gasteiger partial charge < -0.3 is 10.5 Å². The SMILES string of the molecule is CC(C)Cc1nc(CCOc2ccc(N)cc2)cs1. The van der Waals surface area contributed by atoms with E-state index in [1.807, 2.05) is 24.3 Å². The topological polar surface area (TPSA) is 48.1 Å². The number of anilines is 1. The molecule has 0 spiro atoms. The largest absolute Gasteiger partial charge is 0.493 e. The number of rotatable bonds is 6. The number of nitrogens with two attached hydrogens (primary N) is 1. The average molecular weight is 276 g/mol. The molecule has 2 N–H and O–H groups in total.